The second kappa shape index (κ2) is 9.46. The molecule has 0 aromatic heterocycles. The summed E-state index contributed by atoms with van der Waals surface area (Å²) in [5.74, 6) is 0.425. The Morgan fingerprint density at radius 1 is 1.44 bits per heavy atom. The summed E-state index contributed by atoms with van der Waals surface area (Å²) in [6.45, 7) is 7.54. The van der Waals surface area contributed by atoms with Gasteiger partial charge in [0.2, 0.25) is 0 Å². The van der Waals surface area contributed by atoms with Crippen molar-refractivity contribution in [2.45, 2.75) is 39.2 Å². The highest BCUT2D eigenvalue weighted by atomic mass is 19.3. The molecule has 0 aliphatic carbocycles. The van der Waals surface area contributed by atoms with E-state index in [1.165, 1.54) is 0 Å². The van der Waals surface area contributed by atoms with Gasteiger partial charge in [-0.25, -0.2) is 8.78 Å². The summed E-state index contributed by atoms with van der Waals surface area (Å²) in [5, 5.41) is 0. The molecular weight excluding hydrogens is 212 g/mol. The molecule has 0 N–H and O–H groups in total. The van der Waals surface area contributed by atoms with Crippen molar-refractivity contribution in [1.82, 2.24) is 0 Å². The lowest BCUT2D eigenvalue weighted by molar-refractivity contribution is 0.0331. The number of hydrogen-bond donors (Lipinski definition) is 0. The van der Waals surface area contributed by atoms with Crippen LogP contribution in [-0.4, -0.2) is 31.9 Å². The molecule has 0 saturated carbocycles. The Morgan fingerprint density at radius 3 is 2.62 bits per heavy atom. The van der Waals surface area contributed by atoms with Crippen molar-refractivity contribution in [3.05, 3.63) is 12.7 Å². The lowest BCUT2D eigenvalue weighted by Crippen LogP contribution is -2.14. The van der Waals surface area contributed by atoms with E-state index in [0.29, 0.717) is 5.92 Å². The largest absolute Gasteiger partial charge is 0.370 e. The third-order valence-electron chi connectivity index (χ3n) is 2.28. The van der Waals surface area contributed by atoms with Crippen LogP contribution >= 0.6 is 0 Å². The molecule has 16 heavy (non-hydrogen) atoms. The molecule has 94 valence electrons. The SMILES string of the molecule is C=CC(N=CCOCC(F)F)C(C)CCC. The highest BCUT2D eigenvalue weighted by Crippen LogP contribution is 2.14. The van der Waals surface area contributed by atoms with E-state index < -0.39 is 13.0 Å². The molecule has 0 rings (SSSR count). The zero-order valence-electron chi connectivity index (χ0n) is 10.0. The maximum Gasteiger partial charge on any atom is 0.261 e. The summed E-state index contributed by atoms with van der Waals surface area (Å²) in [4.78, 5) is 4.24. The lowest BCUT2D eigenvalue weighted by Gasteiger charge is -2.15. The van der Waals surface area contributed by atoms with Crippen molar-refractivity contribution in [2.75, 3.05) is 13.2 Å². The first-order valence-electron chi connectivity index (χ1n) is 5.61. The van der Waals surface area contributed by atoms with Gasteiger partial charge < -0.3 is 4.74 Å². The second-order valence-corrected chi connectivity index (χ2v) is 3.75. The summed E-state index contributed by atoms with van der Waals surface area (Å²) in [7, 11) is 0. The van der Waals surface area contributed by atoms with Crippen LogP contribution in [0.1, 0.15) is 26.7 Å². The summed E-state index contributed by atoms with van der Waals surface area (Å²) in [6.07, 6.45) is 3.09. The topological polar surface area (TPSA) is 21.6 Å². The third kappa shape index (κ3) is 7.51. The molecular formula is C12H21F2NO. The normalized spacial score (nSPS) is 15.6. The Bertz CT molecular complexity index is 207. The van der Waals surface area contributed by atoms with Gasteiger partial charge in [0.15, 0.2) is 0 Å². The van der Waals surface area contributed by atoms with Crippen LogP contribution in [0.2, 0.25) is 0 Å². The van der Waals surface area contributed by atoms with Gasteiger partial charge in [-0.2, -0.15) is 0 Å². The molecule has 0 spiro atoms. The fourth-order valence-corrected chi connectivity index (χ4v) is 1.44. The van der Waals surface area contributed by atoms with Crippen LogP contribution in [0.25, 0.3) is 0 Å². The van der Waals surface area contributed by atoms with Gasteiger partial charge >= 0.3 is 0 Å². The van der Waals surface area contributed by atoms with E-state index in [1.807, 2.05) is 0 Å². The maximum absolute atomic E-state index is 11.7. The first-order valence-corrected chi connectivity index (χ1v) is 5.61. The van der Waals surface area contributed by atoms with E-state index >= 15 is 0 Å². The Kier molecular flexibility index (Phi) is 9.00. The van der Waals surface area contributed by atoms with Gasteiger partial charge in [0.1, 0.15) is 6.61 Å². The number of aliphatic imine (C=N–C) groups is 1. The maximum atomic E-state index is 11.7. The predicted octanol–water partition coefficient (Wildman–Crippen LogP) is 3.33. The number of hydrogen-bond acceptors (Lipinski definition) is 2. The molecule has 2 unspecified atom stereocenters. The van der Waals surface area contributed by atoms with Gasteiger partial charge in [-0.1, -0.05) is 26.3 Å². The molecule has 0 aliphatic rings. The average molecular weight is 233 g/mol. The van der Waals surface area contributed by atoms with Crippen molar-refractivity contribution in [3.63, 3.8) is 0 Å². The van der Waals surface area contributed by atoms with E-state index in [1.54, 1.807) is 12.3 Å². The second-order valence-electron chi connectivity index (χ2n) is 3.75. The zero-order valence-corrected chi connectivity index (χ0v) is 10.0. The molecule has 0 aliphatic heterocycles. The number of alkyl halides is 2. The molecule has 0 heterocycles. The van der Waals surface area contributed by atoms with Crippen molar-refractivity contribution in [2.24, 2.45) is 10.9 Å². The number of rotatable bonds is 9. The quantitative estimate of drug-likeness (QED) is 0.340. The van der Waals surface area contributed by atoms with E-state index in [4.69, 9.17) is 4.74 Å². The van der Waals surface area contributed by atoms with Crippen LogP contribution in [-0.2, 0) is 4.74 Å². The summed E-state index contributed by atoms with van der Waals surface area (Å²) in [6, 6.07) is 0.0510. The van der Waals surface area contributed by atoms with Crippen molar-refractivity contribution in [3.8, 4) is 0 Å². The van der Waals surface area contributed by atoms with E-state index in [9.17, 15) is 8.78 Å². The van der Waals surface area contributed by atoms with Gasteiger partial charge in [-0.15, -0.1) is 6.58 Å². The fraction of sp³-hybridized carbons (Fsp3) is 0.750. The third-order valence-corrected chi connectivity index (χ3v) is 2.28. The fourth-order valence-electron chi connectivity index (χ4n) is 1.44. The minimum atomic E-state index is -2.41. The van der Waals surface area contributed by atoms with Crippen molar-refractivity contribution < 1.29 is 13.5 Å². The highest BCUT2D eigenvalue weighted by molar-refractivity contribution is 5.59. The molecule has 0 fully saturated rings. The van der Waals surface area contributed by atoms with Crippen LogP contribution in [0.5, 0.6) is 0 Å². The Morgan fingerprint density at radius 2 is 2.12 bits per heavy atom. The summed E-state index contributed by atoms with van der Waals surface area (Å²) < 4.78 is 28.2. The first-order chi connectivity index (χ1) is 7.61. The van der Waals surface area contributed by atoms with Crippen LogP contribution in [0, 0.1) is 5.92 Å². The molecule has 0 aromatic rings. The zero-order chi connectivity index (χ0) is 12.4. The number of nitrogens with zero attached hydrogens (tertiary/aromatic N) is 1. The van der Waals surface area contributed by atoms with Crippen LogP contribution in [0.4, 0.5) is 8.78 Å². The molecule has 0 amide bonds. The van der Waals surface area contributed by atoms with Gasteiger partial charge in [-0.05, 0) is 12.3 Å². The highest BCUT2D eigenvalue weighted by Gasteiger charge is 2.10. The van der Waals surface area contributed by atoms with Gasteiger partial charge in [-0.3, -0.25) is 4.99 Å². The minimum Gasteiger partial charge on any atom is -0.370 e. The van der Waals surface area contributed by atoms with Gasteiger partial charge in [0.25, 0.3) is 6.43 Å². The lowest BCUT2D eigenvalue weighted by atomic mass is 9.97. The molecule has 2 nitrogen and oxygen atoms in total. The molecule has 0 aromatic carbocycles. The van der Waals surface area contributed by atoms with Crippen LogP contribution in [0.3, 0.4) is 0 Å². The monoisotopic (exact) mass is 233 g/mol. The van der Waals surface area contributed by atoms with E-state index in [0.717, 1.165) is 12.8 Å². The summed E-state index contributed by atoms with van der Waals surface area (Å²) in [5.41, 5.74) is 0. The molecule has 0 saturated heterocycles. The van der Waals surface area contributed by atoms with E-state index in [-0.39, 0.29) is 12.6 Å². The predicted molar refractivity (Wildman–Crippen MR) is 63.4 cm³/mol. The van der Waals surface area contributed by atoms with Crippen molar-refractivity contribution >= 4 is 6.21 Å². The Labute approximate surface area is 96.4 Å². The smallest absolute Gasteiger partial charge is 0.261 e. The van der Waals surface area contributed by atoms with Crippen LogP contribution < -0.4 is 0 Å². The summed E-state index contributed by atoms with van der Waals surface area (Å²) >= 11 is 0. The van der Waals surface area contributed by atoms with Gasteiger partial charge in [0, 0.05) is 6.21 Å². The molecule has 0 bridgehead atoms. The average Bonchev–Trinajstić information content (AvgIpc) is 2.23. The number of halogens is 2. The van der Waals surface area contributed by atoms with Crippen molar-refractivity contribution in [1.29, 1.82) is 0 Å². The Balaban J connectivity index is 3.83. The van der Waals surface area contributed by atoms with E-state index in [2.05, 4.69) is 25.4 Å². The molecule has 2 atom stereocenters. The molecule has 4 heteroatoms. The number of ether oxygens (including phenoxy) is 1. The first kappa shape index (κ1) is 15.2. The Hall–Kier alpha value is -0.770. The van der Waals surface area contributed by atoms with Crippen LogP contribution in [0.15, 0.2) is 17.6 Å². The minimum absolute atomic E-state index is 0.0510. The van der Waals surface area contributed by atoms with Gasteiger partial charge in [0.05, 0.1) is 12.6 Å². The molecule has 0 radical (unpaired) electrons. The standard InChI is InChI=1S/C12H21F2NO/c1-4-6-10(3)11(5-2)15-7-8-16-9-12(13)14/h5,7,10-12H,2,4,6,8-9H2,1,3H3.